The van der Waals surface area contributed by atoms with Crippen LogP contribution in [0.3, 0.4) is 0 Å². The number of fused-ring (bicyclic) bond motifs is 2. The van der Waals surface area contributed by atoms with Crippen molar-refractivity contribution < 1.29 is 14.3 Å². The van der Waals surface area contributed by atoms with E-state index in [1.54, 1.807) is 29.5 Å². The molecule has 2 aliphatic rings. The zero-order valence-corrected chi connectivity index (χ0v) is 17.3. The molecule has 2 heterocycles. The highest BCUT2D eigenvalue weighted by atomic mass is 32.1. The van der Waals surface area contributed by atoms with Crippen LogP contribution < -0.4 is 15.4 Å². The maximum Gasteiger partial charge on any atom is 0.262 e. The van der Waals surface area contributed by atoms with Gasteiger partial charge in [0.2, 0.25) is 0 Å². The zero-order chi connectivity index (χ0) is 20.5. The lowest BCUT2D eigenvalue weighted by molar-refractivity contribution is -0.118. The van der Waals surface area contributed by atoms with Gasteiger partial charge < -0.3 is 15.4 Å². The van der Waals surface area contributed by atoms with Crippen molar-refractivity contribution in [3.8, 4) is 5.75 Å². The molecule has 1 aliphatic carbocycles. The molecule has 1 aromatic heterocycles. The van der Waals surface area contributed by atoms with Crippen LogP contribution >= 0.6 is 11.3 Å². The largest absolute Gasteiger partial charge is 0.482 e. The molecule has 0 spiro atoms. The summed E-state index contributed by atoms with van der Waals surface area (Å²) < 4.78 is 5.46. The van der Waals surface area contributed by atoms with E-state index in [0.29, 0.717) is 17.0 Å². The lowest BCUT2D eigenvalue weighted by Crippen LogP contribution is -2.30. The van der Waals surface area contributed by atoms with E-state index < -0.39 is 0 Å². The second-order valence-corrected chi connectivity index (χ2v) is 8.68. The molecule has 0 fully saturated rings. The van der Waals surface area contributed by atoms with Gasteiger partial charge in [0.1, 0.15) is 5.75 Å². The van der Waals surface area contributed by atoms with Gasteiger partial charge in [0, 0.05) is 10.4 Å². The molecule has 1 atom stereocenters. The highest BCUT2D eigenvalue weighted by molar-refractivity contribution is 7.10. The molecule has 2 aromatic carbocycles. The average molecular weight is 419 g/mol. The molecule has 3 aromatic rings. The number of nitrogens with one attached hydrogen (secondary N) is 2. The Balaban J connectivity index is 1.44. The normalized spacial score (nSPS) is 15.9. The Morgan fingerprint density at radius 2 is 1.93 bits per heavy atom. The molecule has 30 heavy (non-hydrogen) atoms. The van der Waals surface area contributed by atoms with E-state index in [1.165, 1.54) is 24.0 Å². The van der Waals surface area contributed by atoms with Gasteiger partial charge in [0.15, 0.2) is 6.61 Å². The molecule has 152 valence electrons. The second-order valence-electron chi connectivity index (χ2n) is 7.70. The average Bonchev–Trinajstić information content (AvgIpc) is 3.31. The van der Waals surface area contributed by atoms with E-state index in [2.05, 4.69) is 34.9 Å². The first-order chi connectivity index (χ1) is 14.7. The summed E-state index contributed by atoms with van der Waals surface area (Å²) in [5.41, 5.74) is 5.02. The fourth-order valence-electron chi connectivity index (χ4n) is 4.14. The molecular formula is C24H22N2O3S. The van der Waals surface area contributed by atoms with Gasteiger partial charge in [-0.15, -0.1) is 11.3 Å². The fourth-order valence-corrected chi connectivity index (χ4v) is 4.94. The van der Waals surface area contributed by atoms with Crippen molar-refractivity contribution in [3.05, 3.63) is 81.0 Å². The number of amides is 2. The first-order valence-corrected chi connectivity index (χ1v) is 11.1. The quantitative estimate of drug-likeness (QED) is 0.657. The van der Waals surface area contributed by atoms with Crippen LogP contribution in [0.25, 0.3) is 0 Å². The lowest BCUT2D eigenvalue weighted by Gasteiger charge is -2.23. The van der Waals surface area contributed by atoms with Gasteiger partial charge >= 0.3 is 0 Å². The summed E-state index contributed by atoms with van der Waals surface area (Å²) in [4.78, 5) is 25.7. The highest BCUT2D eigenvalue weighted by Crippen LogP contribution is 2.32. The fraction of sp³-hybridized carbons (Fsp3) is 0.250. The van der Waals surface area contributed by atoms with Crippen molar-refractivity contribution in [2.45, 2.75) is 31.7 Å². The number of hydrogen-bond donors (Lipinski definition) is 2. The van der Waals surface area contributed by atoms with E-state index in [-0.39, 0.29) is 24.5 Å². The van der Waals surface area contributed by atoms with Gasteiger partial charge in [-0.1, -0.05) is 24.3 Å². The Hall–Kier alpha value is -3.12. The summed E-state index contributed by atoms with van der Waals surface area (Å²) in [5.74, 6) is 0.156. The van der Waals surface area contributed by atoms with Gasteiger partial charge in [-0.2, -0.15) is 0 Å². The molecule has 0 unspecified atom stereocenters. The summed E-state index contributed by atoms with van der Waals surface area (Å²) in [6, 6.07) is 15.6. The molecule has 5 rings (SSSR count). The molecule has 0 radical (unpaired) electrons. The maximum absolute atomic E-state index is 13.1. The smallest absolute Gasteiger partial charge is 0.262 e. The standard InChI is InChI=1S/C24H22N2O3S/c27-22-14-29-20-13-18(9-10-19(20)25-22)24(28)26-23(21-6-3-11-30-21)17-8-7-15-4-1-2-5-16(15)12-17/h3,6-13,23H,1-2,4-5,14H2,(H,25,27)(H,26,28)/t23-/m1/s1. The lowest BCUT2D eigenvalue weighted by atomic mass is 9.89. The maximum atomic E-state index is 13.1. The van der Waals surface area contributed by atoms with Crippen molar-refractivity contribution in [2.24, 2.45) is 0 Å². The van der Waals surface area contributed by atoms with Crippen LogP contribution in [-0.2, 0) is 17.6 Å². The summed E-state index contributed by atoms with van der Waals surface area (Å²) in [6.45, 7) is -0.0367. The number of carbonyl (C=O) groups excluding carboxylic acids is 2. The Kier molecular flexibility index (Phi) is 5.01. The molecule has 6 heteroatoms. The van der Waals surface area contributed by atoms with E-state index in [4.69, 9.17) is 4.74 Å². The Labute approximate surface area is 179 Å². The van der Waals surface area contributed by atoms with Crippen molar-refractivity contribution in [1.82, 2.24) is 5.32 Å². The number of hydrogen-bond acceptors (Lipinski definition) is 4. The van der Waals surface area contributed by atoms with Crippen LogP contribution in [-0.4, -0.2) is 18.4 Å². The van der Waals surface area contributed by atoms with Crippen molar-refractivity contribution in [3.63, 3.8) is 0 Å². The summed E-state index contributed by atoms with van der Waals surface area (Å²) in [7, 11) is 0. The third kappa shape index (κ3) is 3.71. The molecule has 2 N–H and O–H groups in total. The topological polar surface area (TPSA) is 67.4 Å². The van der Waals surface area contributed by atoms with Gasteiger partial charge in [0.05, 0.1) is 11.7 Å². The number of aryl methyl sites for hydroxylation is 2. The third-order valence-corrected chi connectivity index (χ3v) is 6.62. The zero-order valence-electron chi connectivity index (χ0n) is 16.4. The number of benzene rings is 2. The van der Waals surface area contributed by atoms with Crippen LogP contribution in [0.4, 0.5) is 5.69 Å². The Morgan fingerprint density at radius 1 is 1.07 bits per heavy atom. The van der Waals surface area contributed by atoms with Crippen LogP contribution in [0.1, 0.15) is 50.8 Å². The molecular weight excluding hydrogens is 396 g/mol. The van der Waals surface area contributed by atoms with E-state index in [0.717, 1.165) is 23.3 Å². The van der Waals surface area contributed by atoms with Crippen molar-refractivity contribution in [1.29, 1.82) is 0 Å². The first kappa shape index (κ1) is 18.9. The monoisotopic (exact) mass is 418 g/mol. The molecule has 0 saturated heterocycles. The van der Waals surface area contributed by atoms with E-state index >= 15 is 0 Å². The van der Waals surface area contributed by atoms with Gasteiger partial charge in [0.25, 0.3) is 11.8 Å². The minimum atomic E-state index is -0.207. The summed E-state index contributed by atoms with van der Waals surface area (Å²) >= 11 is 1.64. The number of ether oxygens (including phenoxy) is 1. The van der Waals surface area contributed by atoms with Gasteiger partial charge in [-0.3, -0.25) is 9.59 Å². The number of rotatable bonds is 4. The highest BCUT2D eigenvalue weighted by Gasteiger charge is 2.23. The van der Waals surface area contributed by atoms with Gasteiger partial charge in [-0.05, 0) is 72.0 Å². The number of thiophene rings is 1. The van der Waals surface area contributed by atoms with Crippen molar-refractivity contribution >= 4 is 28.8 Å². The van der Waals surface area contributed by atoms with Gasteiger partial charge in [-0.25, -0.2) is 0 Å². The molecule has 1 aliphatic heterocycles. The van der Waals surface area contributed by atoms with Crippen LogP contribution in [0.5, 0.6) is 5.75 Å². The summed E-state index contributed by atoms with van der Waals surface area (Å²) in [5, 5.41) is 7.98. The number of carbonyl (C=O) groups is 2. The van der Waals surface area contributed by atoms with Crippen LogP contribution in [0, 0.1) is 0 Å². The predicted octanol–water partition coefficient (Wildman–Crippen LogP) is 4.48. The molecule has 5 nitrogen and oxygen atoms in total. The van der Waals surface area contributed by atoms with Crippen LogP contribution in [0.2, 0.25) is 0 Å². The minimum Gasteiger partial charge on any atom is -0.482 e. The molecule has 2 amide bonds. The first-order valence-electron chi connectivity index (χ1n) is 10.2. The molecule has 0 bridgehead atoms. The third-order valence-electron chi connectivity index (χ3n) is 5.69. The SMILES string of the molecule is O=C1COc2cc(C(=O)N[C@H](c3ccc4c(c3)CCCC4)c3cccs3)ccc2N1. The number of anilines is 1. The predicted molar refractivity (Wildman–Crippen MR) is 117 cm³/mol. The summed E-state index contributed by atoms with van der Waals surface area (Å²) in [6.07, 6.45) is 4.70. The van der Waals surface area contributed by atoms with E-state index in [1.807, 2.05) is 11.4 Å². The Bertz CT molecular complexity index is 1110. The Morgan fingerprint density at radius 3 is 2.77 bits per heavy atom. The van der Waals surface area contributed by atoms with Crippen LogP contribution in [0.15, 0.2) is 53.9 Å². The minimum absolute atomic E-state index is 0.0367. The second kappa shape index (κ2) is 7.95. The molecule has 0 saturated carbocycles. The van der Waals surface area contributed by atoms with E-state index in [9.17, 15) is 9.59 Å². The van der Waals surface area contributed by atoms with Crippen molar-refractivity contribution in [2.75, 3.05) is 11.9 Å².